The van der Waals surface area contributed by atoms with Crippen LogP contribution in [-0.2, 0) is 33.3 Å². The number of benzene rings is 1. The minimum absolute atomic E-state index is 0.00304. The minimum atomic E-state index is -4.54. The molecular weight excluding hydrogens is 501 g/mol. The van der Waals surface area contributed by atoms with Crippen LogP contribution in [0.2, 0.25) is 0 Å². The van der Waals surface area contributed by atoms with Gasteiger partial charge in [0, 0.05) is 42.8 Å². The summed E-state index contributed by atoms with van der Waals surface area (Å²) in [7, 11) is 0. The molecule has 8 nitrogen and oxygen atoms in total. The van der Waals surface area contributed by atoms with Crippen molar-refractivity contribution in [3.8, 4) is 0 Å². The van der Waals surface area contributed by atoms with Crippen LogP contribution in [-0.4, -0.2) is 78.1 Å². The van der Waals surface area contributed by atoms with Crippen LogP contribution in [0.5, 0.6) is 0 Å². The lowest BCUT2D eigenvalue weighted by Gasteiger charge is -2.29. The first-order valence-electron chi connectivity index (χ1n) is 12.9. The van der Waals surface area contributed by atoms with Crippen molar-refractivity contribution in [1.82, 2.24) is 20.1 Å². The van der Waals surface area contributed by atoms with E-state index in [1.165, 1.54) is 16.5 Å². The summed E-state index contributed by atoms with van der Waals surface area (Å²) in [4.78, 5) is 32.9. The van der Waals surface area contributed by atoms with E-state index in [1.54, 1.807) is 0 Å². The number of likely N-dealkylation sites (tertiary alicyclic amines) is 1. The molecule has 3 aliphatic heterocycles. The van der Waals surface area contributed by atoms with Gasteiger partial charge >= 0.3 is 6.18 Å². The number of nitrogens with one attached hydrogen (secondary N) is 2. The van der Waals surface area contributed by atoms with Crippen molar-refractivity contribution in [2.24, 2.45) is 0 Å². The molecule has 2 aromatic rings. The normalized spacial score (nSPS) is 25.0. The molecule has 2 unspecified atom stereocenters. The van der Waals surface area contributed by atoms with Crippen molar-refractivity contribution in [1.29, 1.82) is 0 Å². The fourth-order valence-electron chi connectivity index (χ4n) is 5.87. The number of fused-ring (bicyclic) bond motifs is 2. The maximum Gasteiger partial charge on any atom is 0.416 e. The third kappa shape index (κ3) is 4.80. The van der Waals surface area contributed by atoms with Gasteiger partial charge in [-0.1, -0.05) is 6.07 Å². The highest BCUT2D eigenvalue weighted by molar-refractivity contribution is 5.99. The average molecular weight is 531 g/mol. The molecule has 4 aliphatic rings. The molecule has 38 heavy (non-hydrogen) atoms. The quantitative estimate of drug-likeness (QED) is 0.600. The highest BCUT2D eigenvalue weighted by Crippen LogP contribution is 2.36. The first kappa shape index (κ1) is 25.0. The van der Waals surface area contributed by atoms with E-state index < -0.39 is 17.6 Å². The number of halogens is 3. The van der Waals surface area contributed by atoms with Crippen LogP contribution < -0.4 is 5.32 Å². The zero-order valence-electron chi connectivity index (χ0n) is 20.7. The molecule has 6 rings (SSSR count). The van der Waals surface area contributed by atoms with E-state index in [9.17, 15) is 22.8 Å². The predicted molar refractivity (Wildman–Crippen MR) is 130 cm³/mol. The molecule has 4 heterocycles. The van der Waals surface area contributed by atoms with E-state index >= 15 is 0 Å². The Balaban J connectivity index is 1.13. The van der Waals surface area contributed by atoms with Crippen LogP contribution >= 0.6 is 0 Å². The number of rotatable bonds is 6. The molecule has 1 aromatic carbocycles. The maximum absolute atomic E-state index is 13.2. The largest absolute Gasteiger partial charge is 0.416 e. The van der Waals surface area contributed by atoms with Crippen LogP contribution in [0.25, 0.3) is 0 Å². The number of aromatic amines is 1. The Bertz CT molecular complexity index is 1270. The molecule has 0 radical (unpaired) electrons. The van der Waals surface area contributed by atoms with Gasteiger partial charge in [0.05, 0.1) is 43.6 Å². The standard InChI is InChI=1S/C27H29F3N4O4/c28-27(29,30)18-3-1-16-6-9-33(26(36)20(16)11-18)14-24(35)32-21-12-34(19-7-10-37-15-19)13-23(21)38-22-4-2-17-5-8-31-25(17)22/h1,3,5,7-8,11,21-23,31H,2,4,6,9-10,12-15H2,(H,32,35)/t21?,22?,23-/m0/s1. The number of H-pyrrole nitrogens is 1. The lowest BCUT2D eigenvalue weighted by molar-refractivity contribution is -0.137. The van der Waals surface area contributed by atoms with Gasteiger partial charge in [0.25, 0.3) is 5.91 Å². The fraction of sp³-hybridized carbons (Fsp3) is 0.481. The highest BCUT2D eigenvalue weighted by Gasteiger charge is 2.40. The molecule has 3 atom stereocenters. The molecule has 0 spiro atoms. The number of amides is 2. The van der Waals surface area contributed by atoms with Crippen molar-refractivity contribution in [3.05, 3.63) is 70.2 Å². The maximum atomic E-state index is 13.2. The van der Waals surface area contributed by atoms with Crippen molar-refractivity contribution >= 4 is 11.8 Å². The smallest absolute Gasteiger partial charge is 0.371 e. The number of carbonyl (C=O) groups excluding carboxylic acids is 2. The van der Waals surface area contributed by atoms with Crippen molar-refractivity contribution in [2.45, 2.75) is 43.7 Å². The fourth-order valence-corrected chi connectivity index (χ4v) is 5.87. The van der Waals surface area contributed by atoms with Crippen LogP contribution in [0.3, 0.4) is 0 Å². The van der Waals surface area contributed by atoms with E-state index in [2.05, 4.69) is 21.3 Å². The molecule has 0 bridgehead atoms. The number of hydrogen-bond acceptors (Lipinski definition) is 5. The Morgan fingerprint density at radius 2 is 2.05 bits per heavy atom. The Hall–Kier alpha value is -3.31. The van der Waals surface area contributed by atoms with Gasteiger partial charge in [0.1, 0.15) is 0 Å². The molecule has 202 valence electrons. The third-order valence-electron chi connectivity index (χ3n) is 7.85. The van der Waals surface area contributed by atoms with Crippen LogP contribution in [0.15, 0.2) is 42.2 Å². The van der Waals surface area contributed by atoms with Crippen LogP contribution in [0.1, 0.15) is 45.3 Å². The minimum Gasteiger partial charge on any atom is -0.371 e. The summed E-state index contributed by atoms with van der Waals surface area (Å²) in [5.74, 6) is -0.926. The van der Waals surface area contributed by atoms with E-state index in [0.717, 1.165) is 36.4 Å². The molecule has 1 fully saturated rings. The molecular formula is C27H29F3N4O4. The Kier molecular flexibility index (Phi) is 6.43. The number of aryl methyl sites for hydroxylation is 1. The zero-order valence-corrected chi connectivity index (χ0v) is 20.7. The van der Waals surface area contributed by atoms with Gasteiger partial charge in [0.2, 0.25) is 5.91 Å². The van der Waals surface area contributed by atoms with Gasteiger partial charge in [-0.2, -0.15) is 13.2 Å². The SMILES string of the molecule is O=C(CN1CCc2ccc(C(F)(F)F)cc2C1=O)NC1CN(C2=CCOC2)C[C@@H]1OC1CCc2cc[nH]c21. The van der Waals surface area contributed by atoms with E-state index in [-0.39, 0.29) is 42.8 Å². The second kappa shape index (κ2) is 9.77. The summed E-state index contributed by atoms with van der Waals surface area (Å²) < 4.78 is 51.6. The second-order valence-corrected chi connectivity index (χ2v) is 10.3. The number of ether oxygens (including phenoxy) is 2. The lowest BCUT2D eigenvalue weighted by atomic mass is 9.96. The summed E-state index contributed by atoms with van der Waals surface area (Å²) in [6.45, 7) is 2.25. The third-order valence-corrected chi connectivity index (χ3v) is 7.85. The van der Waals surface area contributed by atoms with Gasteiger partial charge in [-0.05, 0) is 54.7 Å². The van der Waals surface area contributed by atoms with Gasteiger partial charge in [-0.3, -0.25) is 9.59 Å². The van der Waals surface area contributed by atoms with Gasteiger partial charge in [-0.25, -0.2) is 0 Å². The molecule has 1 saturated heterocycles. The molecule has 11 heteroatoms. The van der Waals surface area contributed by atoms with Crippen LogP contribution in [0.4, 0.5) is 13.2 Å². The van der Waals surface area contributed by atoms with E-state index in [4.69, 9.17) is 9.47 Å². The van der Waals surface area contributed by atoms with Crippen molar-refractivity contribution < 1.29 is 32.2 Å². The topological polar surface area (TPSA) is 86.9 Å². The van der Waals surface area contributed by atoms with E-state index in [0.29, 0.717) is 38.3 Å². The Morgan fingerprint density at radius 1 is 1.18 bits per heavy atom. The lowest BCUT2D eigenvalue weighted by Crippen LogP contribution is -2.50. The molecule has 2 amide bonds. The zero-order chi connectivity index (χ0) is 26.4. The van der Waals surface area contributed by atoms with Gasteiger partial charge in [0.15, 0.2) is 0 Å². The van der Waals surface area contributed by atoms with Gasteiger partial charge < -0.3 is 29.6 Å². The number of alkyl halides is 3. The second-order valence-electron chi connectivity index (χ2n) is 10.3. The molecule has 0 saturated carbocycles. The Labute approximate surface area is 217 Å². The van der Waals surface area contributed by atoms with Crippen molar-refractivity contribution in [2.75, 3.05) is 39.4 Å². The number of carbonyl (C=O) groups is 2. The van der Waals surface area contributed by atoms with E-state index in [1.807, 2.05) is 12.3 Å². The first-order chi connectivity index (χ1) is 18.3. The van der Waals surface area contributed by atoms with Crippen molar-refractivity contribution in [3.63, 3.8) is 0 Å². The first-order valence-corrected chi connectivity index (χ1v) is 12.9. The molecule has 2 N–H and O–H groups in total. The summed E-state index contributed by atoms with van der Waals surface area (Å²) in [5, 5.41) is 3.04. The molecule has 1 aliphatic carbocycles. The number of aromatic nitrogens is 1. The Morgan fingerprint density at radius 3 is 2.84 bits per heavy atom. The predicted octanol–water partition coefficient (Wildman–Crippen LogP) is 2.82. The van der Waals surface area contributed by atoms with Crippen LogP contribution in [0, 0.1) is 0 Å². The molecule has 1 aromatic heterocycles. The summed E-state index contributed by atoms with van der Waals surface area (Å²) in [6, 6.07) is 4.97. The van der Waals surface area contributed by atoms with Gasteiger partial charge in [-0.15, -0.1) is 0 Å². The highest BCUT2D eigenvalue weighted by atomic mass is 19.4. The number of hydrogen-bond donors (Lipinski definition) is 2. The monoisotopic (exact) mass is 530 g/mol. The number of nitrogens with zero attached hydrogens (tertiary/aromatic N) is 2. The summed E-state index contributed by atoms with van der Waals surface area (Å²) in [6.07, 6.45) is 1.23. The average Bonchev–Trinajstić information content (AvgIpc) is 3.67. The summed E-state index contributed by atoms with van der Waals surface area (Å²) >= 11 is 0. The summed E-state index contributed by atoms with van der Waals surface area (Å²) in [5.41, 5.74) is 3.08.